The first-order chi connectivity index (χ1) is 11.6. The molecule has 1 aliphatic rings. The third-order valence-electron chi connectivity index (χ3n) is 3.94. The van der Waals surface area contributed by atoms with Crippen molar-refractivity contribution < 1.29 is 13.7 Å². The second-order valence-electron chi connectivity index (χ2n) is 5.65. The van der Waals surface area contributed by atoms with E-state index in [0.29, 0.717) is 4.90 Å². The van der Waals surface area contributed by atoms with Crippen molar-refractivity contribution in [1.29, 1.82) is 0 Å². The van der Waals surface area contributed by atoms with Crippen LogP contribution in [0.3, 0.4) is 0 Å². The number of nitrogens with zero attached hydrogens (tertiary/aromatic N) is 1. The predicted molar refractivity (Wildman–Crippen MR) is 94.5 cm³/mol. The van der Waals surface area contributed by atoms with E-state index in [9.17, 15) is 9.00 Å². The van der Waals surface area contributed by atoms with Gasteiger partial charge in [-0.3, -0.25) is 4.79 Å². The molecule has 1 heterocycles. The summed E-state index contributed by atoms with van der Waals surface area (Å²) in [4.78, 5) is 12.6. The SMILES string of the molecule is COC(=O)[C@@H]1[C@H](/C=C/c2ccccc2)N1S(=O)c1ccc(C)cc1. The van der Waals surface area contributed by atoms with Crippen LogP contribution in [-0.4, -0.2) is 33.7 Å². The minimum absolute atomic E-state index is 0.222. The first-order valence-corrected chi connectivity index (χ1v) is 8.80. The molecule has 0 radical (unpaired) electrons. The lowest BCUT2D eigenvalue weighted by Gasteiger charge is -2.04. The van der Waals surface area contributed by atoms with E-state index >= 15 is 0 Å². The van der Waals surface area contributed by atoms with Gasteiger partial charge in [0.15, 0.2) is 0 Å². The zero-order chi connectivity index (χ0) is 17.1. The summed E-state index contributed by atoms with van der Waals surface area (Å²) in [7, 11) is -0.0385. The highest BCUT2D eigenvalue weighted by Crippen LogP contribution is 2.35. The van der Waals surface area contributed by atoms with Gasteiger partial charge in [0.05, 0.1) is 18.0 Å². The summed E-state index contributed by atoms with van der Waals surface area (Å²) in [5.74, 6) is -0.363. The van der Waals surface area contributed by atoms with Crippen LogP contribution < -0.4 is 0 Å². The molecule has 0 aliphatic carbocycles. The van der Waals surface area contributed by atoms with Gasteiger partial charge in [0.1, 0.15) is 17.0 Å². The van der Waals surface area contributed by atoms with Crippen LogP contribution in [0.2, 0.25) is 0 Å². The average molecular weight is 341 g/mol. The fourth-order valence-electron chi connectivity index (χ4n) is 2.55. The largest absolute Gasteiger partial charge is 0.468 e. The molecule has 5 heteroatoms. The van der Waals surface area contributed by atoms with Gasteiger partial charge in [-0.2, -0.15) is 4.31 Å². The Hall–Kier alpha value is -2.24. The Morgan fingerprint density at radius 1 is 1.12 bits per heavy atom. The highest BCUT2D eigenvalue weighted by Gasteiger charge is 2.55. The normalized spacial score (nSPS) is 23.8. The molecular formula is C19H19NO3S. The third kappa shape index (κ3) is 3.47. The van der Waals surface area contributed by atoms with Crippen LogP contribution in [0, 0.1) is 6.92 Å². The van der Waals surface area contributed by atoms with Gasteiger partial charge in [-0.05, 0) is 24.6 Å². The van der Waals surface area contributed by atoms with Crippen molar-refractivity contribution >= 4 is 23.0 Å². The number of benzene rings is 2. The molecule has 0 spiro atoms. The van der Waals surface area contributed by atoms with Crippen molar-refractivity contribution in [2.45, 2.75) is 23.9 Å². The van der Waals surface area contributed by atoms with Gasteiger partial charge >= 0.3 is 5.97 Å². The Balaban J connectivity index is 1.80. The van der Waals surface area contributed by atoms with Crippen LogP contribution in [0.5, 0.6) is 0 Å². The zero-order valence-electron chi connectivity index (χ0n) is 13.6. The first kappa shape index (κ1) is 16.6. The quantitative estimate of drug-likeness (QED) is 0.620. The molecule has 4 atom stereocenters. The standard InChI is InChI=1S/C19H19NO3S/c1-14-8-11-16(12-9-14)24(22)20-17(18(20)19(21)23-2)13-10-15-6-4-3-5-7-15/h3-13,17-18H,1-2H3/b13-10+/t17-,18-,20?,24?/m0/s1. The smallest absolute Gasteiger partial charge is 0.326 e. The molecule has 1 saturated heterocycles. The summed E-state index contributed by atoms with van der Waals surface area (Å²) < 4.78 is 19.3. The van der Waals surface area contributed by atoms with Gasteiger partial charge in [-0.1, -0.05) is 60.2 Å². The summed E-state index contributed by atoms with van der Waals surface area (Å²) in [5, 5.41) is 0. The van der Waals surface area contributed by atoms with Crippen LogP contribution in [0.25, 0.3) is 6.08 Å². The van der Waals surface area contributed by atoms with Crippen LogP contribution in [-0.2, 0) is 20.5 Å². The molecule has 124 valence electrons. The molecule has 0 aromatic heterocycles. The highest BCUT2D eigenvalue weighted by atomic mass is 32.2. The lowest BCUT2D eigenvalue weighted by Crippen LogP contribution is -2.16. The van der Waals surface area contributed by atoms with E-state index < -0.39 is 17.0 Å². The number of carbonyl (C=O) groups is 1. The monoisotopic (exact) mass is 341 g/mol. The molecule has 1 fully saturated rings. The molecule has 2 unspecified atom stereocenters. The Labute approximate surface area is 144 Å². The van der Waals surface area contributed by atoms with Crippen LogP contribution in [0.1, 0.15) is 11.1 Å². The molecule has 0 bridgehead atoms. The van der Waals surface area contributed by atoms with Crippen molar-refractivity contribution in [3.63, 3.8) is 0 Å². The Morgan fingerprint density at radius 3 is 2.42 bits per heavy atom. The summed E-state index contributed by atoms with van der Waals surface area (Å²) >= 11 is 0. The number of hydrogen-bond donors (Lipinski definition) is 0. The Morgan fingerprint density at radius 2 is 1.79 bits per heavy atom. The summed E-state index contributed by atoms with van der Waals surface area (Å²) in [6, 6.07) is 16.6. The molecular weight excluding hydrogens is 322 g/mol. The lowest BCUT2D eigenvalue weighted by atomic mass is 10.2. The number of esters is 1. The topological polar surface area (TPSA) is 46.4 Å². The highest BCUT2D eigenvalue weighted by molar-refractivity contribution is 7.83. The molecule has 3 rings (SSSR count). The average Bonchev–Trinajstić information content (AvgIpc) is 3.34. The number of hydrogen-bond acceptors (Lipinski definition) is 3. The van der Waals surface area contributed by atoms with Gasteiger partial charge in [0.25, 0.3) is 0 Å². The summed E-state index contributed by atoms with van der Waals surface area (Å²) in [5.41, 5.74) is 2.14. The fourth-order valence-corrected chi connectivity index (χ4v) is 3.93. The van der Waals surface area contributed by atoms with E-state index in [2.05, 4.69) is 0 Å². The molecule has 4 nitrogen and oxygen atoms in total. The fraction of sp³-hybridized carbons (Fsp3) is 0.211. The minimum Gasteiger partial charge on any atom is -0.468 e. The maximum absolute atomic E-state index is 12.8. The predicted octanol–water partition coefficient (Wildman–Crippen LogP) is 2.96. The van der Waals surface area contributed by atoms with Crippen LogP contribution in [0.15, 0.2) is 65.6 Å². The number of carbonyl (C=O) groups excluding carboxylic acids is 1. The molecule has 0 saturated carbocycles. The molecule has 2 aromatic carbocycles. The van der Waals surface area contributed by atoms with Gasteiger partial charge in [-0.25, -0.2) is 4.21 Å². The number of methoxy groups -OCH3 is 1. The first-order valence-electron chi connectivity index (χ1n) is 7.70. The van der Waals surface area contributed by atoms with Crippen molar-refractivity contribution in [3.05, 3.63) is 71.8 Å². The lowest BCUT2D eigenvalue weighted by molar-refractivity contribution is -0.140. The van der Waals surface area contributed by atoms with Gasteiger partial charge in [0.2, 0.25) is 0 Å². The van der Waals surface area contributed by atoms with Crippen LogP contribution >= 0.6 is 0 Å². The Bertz CT molecular complexity index is 771. The molecule has 24 heavy (non-hydrogen) atoms. The van der Waals surface area contributed by atoms with E-state index in [-0.39, 0.29) is 12.0 Å². The van der Waals surface area contributed by atoms with E-state index in [1.54, 1.807) is 4.31 Å². The van der Waals surface area contributed by atoms with Crippen molar-refractivity contribution in [2.75, 3.05) is 7.11 Å². The van der Waals surface area contributed by atoms with E-state index in [1.807, 2.05) is 73.7 Å². The third-order valence-corrected chi connectivity index (χ3v) is 5.47. The van der Waals surface area contributed by atoms with E-state index in [4.69, 9.17) is 4.74 Å². The van der Waals surface area contributed by atoms with Gasteiger partial charge < -0.3 is 4.74 Å². The van der Waals surface area contributed by atoms with Crippen molar-refractivity contribution in [3.8, 4) is 0 Å². The second kappa shape index (κ2) is 7.11. The van der Waals surface area contributed by atoms with E-state index in [1.165, 1.54) is 7.11 Å². The van der Waals surface area contributed by atoms with Crippen LogP contribution in [0.4, 0.5) is 0 Å². The van der Waals surface area contributed by atoms with Gasteiger partial charge in [-0.15, -0.1) is 0 Å². The maximum Gasteiger partial charge on any atom is 0.326 e. The summed E-state index contributed by atoms with van der Waals surface area (Å²) in [6.07, 6.45) is 3.84. The van der Waals surface area contributed by atoms with Gasteiger partial charge in [0, 0.05) is 0 Å². The molecule has 2 aromatic rings. The zero-order valence-corrected chi connectivity index (χ0v) is 14.4. The number of rotatable bonds is 5. The Kier molecular flexibility index (Phi) is 4.92. The maximum atomic E-state index is 12.8. The van der Waals surface area contributed by atoms with Crippen molar-refractivity contribution in [2.24, 2.45) is 0 Å². The molecule has 0 amide bonds. The van der Waals surface area contributed by atoms with Crippen molar-refractivity contribution in [1.82, 2.24) is 4.31 Å². The number of aryl methyl sites for hydroxylation is 1. The number of ether oxygens (including phenoxy) is 1. The minimum atomic E-state index is -1.39. The molecule has 1 aliphatic heterocycles. The van der Waals surface area contributed by atoms with E-state index in [0.717, 1.165) is 11.1 Å². The second-order valence-corrected chi connectivity index (χ2v) is 7.04. The summed E-state index contributed by atoms with van der Waals surface area (Å²) in [6.45, 7) is 1.98. The molecule has 0 N–H and O–H groups in total.